The van der Waals surface area contributed by atoms with E-state index in [1.165, 1.54) is 6.92 Å². The summed E-state index contributed by atoms with van der Waals surface area (Å²) in [6.45, 7) is 1.46. The van der Waals surface area contributed by atoms with Crippen LogP contribution < -0.4 is 10.9 Å². The summed E-state index contributed by atoms with van der Waals surface area (Å²) in [6.07, 6.45) is 0.445. The first-order chi connectivity index (χ1) is 10.6. The van der Waals surface area contributed by atoms with Crippen LogP contribution in [0.5, 0.6) is 0 Å². The maximum Gasteiger partial charge on any atom is 0.270 e. The van der Waals surface area contributed by atoms with E-state index in [2.05, 4.69) is 15.3 Å². The van der Waals surface area contributed by atoms with Gasteiger partial charge in [-0.2, -0.15) is 0 Å². The first-order valence-electron chi connectivity index (χ1n) is 6.96. The third-order valence-corrected chi connectivity index (χ3v) is 3.32. The van der Waals surface area contributed by atoms with Gasteiger partial charge >= 0.3 is 0 Å². The lowest BCUT2D eigenvalue weighted by molar-refractivity contribution is -0.114. The van der Waals surface area contributed by atoms with E-state index >= 15 is 0 Å². The van der Waals surface area contributed by atoms with Crippen molar-refractivity contribution in [3.05, 3.63) is 70.1 Å². The highest BCUT2D eigenvalue weighted by Gasteiger charge is 2.06. The smallest absolute Gasteiger partial charge is 0.270 e. The molecule has 2 N–H and O–H groups in total. The lowest BCUT2D eigenvalue weighted by Crippen LogP contribution is -2.15. The fourth-order valence-corrected chi connectivity index (χ4v) is 2.29. The molecule has 2 aromatic carbocycles. The van der Waals surface area contributed by atoms with Crippen LogP contribution in [0.3, 0.4) is 0 Å². The Kier molecular flexibility index (Phi) is 3.70. The van der Waals surface area contributed by atoms with Gasteiger partial charge in [0.2, 0.25) is 5.91 Å². The van der Waals surface area contributed by atoms with E-state index in [9.17, 15) is 9.59 Å². The van der Waals surface area contributed by atoms with Gasteiger partial charge in [0, 0.05) is 19.0 Å². The number of nitrogens with zero attached hydrogens (tertiary/aromatic N) is 1. The minimum absolute atomic E-state index is 0.111. The number of H-pyrrole nitrogens is 1. The Bertz CT molecular complexity index is 882. The average molecular weight is 293 g/mol. The summed E-state index contributed by atoms with van der Waals surface area (Å²) in [5.74, 6) is -0.111. The van der Waals surface area contributed by atoms with Gasteiger partial charge < -0.3 is 10.3 Å². The fourth-order valence-electron chi connectivity index (χ4n) is 2.29. The highest BCUT2D eigenvalue weighted by molar-refractivity contribution is 5.88. The summed E-state index contributed by atoms with van der Waals surface area (Å²) in [5, 5.41) is 2.71. The molecule has 0 aliphatic heterocycles. The van der Waals surface area contributed by atoms with Crippen LogP contribution in [0.15, 0.2) is 53.3 Å². The zero-order chi connectivity index (χ0) is 15.5. The van der Waals surface area contributed by atoms with Crippen LogP contribution in [0.2, 0.25) is 0 Å². The molecule has 1 amide bonds. The van der Waals surface area contributed by atoms with Crippen molar-refractivity contribution in [1.29, 1.82) is 0 Å². The van der Waals surface area contributed by atoms with Gasteiger partial charge in [-0.25, -0.2) is 4.98 Å². The summed E-state index contributed by atoms with van der Waals surface area (Å²) in [6, 6.07) is 14.8. The van der Waals surface area contributed by atoms with Gasteiger partial charge in [-0.3, -0.25) is 9.59 Å². The van der Waals surface area contributed by atoms with Crippen LogP contribution in [0, 0.1) is 0 Å². The number of hydrogen-bond acceptors (Lipinski definition) is 3. The normalized spacial score (nSPS) is 10.6. The second kappa shape index (κ2) is 5.81. The van der Waals surface area contributed by atoms with E-state index in [1.807, 2.05) is 48.5 Å². The van der Waals surface area contributed by atoms with E-state index < -0.39 is 0 Å². The summed E-state index contributed by atoms with van der Waals surface area (Å²) in [4.78, 5) is 30.3. The Balaban J connectivity index is 1.88. The SMILES string of the molecule is CC(=O)Nc1ccc(Cc2nc3ccccc3[nH]c2=O)cc1. The maximum atomic E-state index is 12.1. The van der Waals surface area contributed by atoms with Gasteiger partial charge in [-0.1, -0.05) is 24.3 Å². The number of hydrogen-bond donors (Lipinski definition) is 2. The molecule has 1 heterocycles. The number of amides is 1. The third-order valence-electron chi connectivity index (χ3n) is 3.32. The van der Waals surface area contributed by atoms with Gasteiger partial charge in [-0.05, 0) is 29.8 Å². The minimum Gasteiger partial charge on any atom is -0.326 e. The van der Waals surface area contributed by atoms with Crippen LogP contribution >= 0.6 is 0 Å². The molecular weight excluding hydrogens is 278 g/mol. The number of fused-ring (bicyclic) bond motifs is 1. The lowest BCUT2D eigenvalue weighted by atomic mass is 10.1. The van der Waals surface area contributed by atoms with Crippen molar-refractivity contribution in [3.8, 4) is 0 Å². The van der Waals surface area contributed by atoms with Crippen LogP contribution in [0.25, 0.3) is 11.0 Å². The summed E-state index contributed by atoms with van der Waals surface area (Å²) < 4.78 is 0. The van der Waals surface area contributed by atoms with Gasteiger partial charge in [0.1, 0.15) is 5.69 Å². The minimum atomic E-state index is -0.176. The predicted octanol–water partition coefficient (Wildman–Crippen LogP) is 2.47. The van der Waals surface area contributed by atoms with Crippen molar-refractivity contribution in [2.75, 3.05) is 5.32 Å². The summed E-state index contributed by atoms with van der Waals surface area (Å²) >= 11 is 0. The predicted molar refractivity (Wildman–Crippen MR) is 85.9 cm³/mol. The lowest BCUT2D eigenvalue weighted by Gasteiger charge is -2.05. The molecule has 0 fully saturated rings. The second-order valence-electron chi connectivity index (χ2n) is 5.08. The molecule has 110 valence electrons. The largest absolute Gasteiger partial charge is 0.326 e. The first kappa shape index (κ1) is 14.0. The van der Waals surface area contributed by atoms with Gasteiger partial charge in [0.05, 0.1) is 11.0 Å². The van der Waals surface area contributed by atoms with Gasteiger partial charge in [-0.15, -0.1) is 0 Å². The number of rotatable bonds is 3. The molecule has 0 aliphatic carbocycles. The van der Waals surface area contributed by atoms with Crippen molar-refractivity contribution in [3.63, 3.8) is 0 Å². The van der Waals surface area contributed by atoms with Crippen LogP contribution in [0.1, 0.15) is 18.2 Å². The van der Waals surface area contributed by atoms with E-state index in [0.29, 0.717) is 12.1 Å². The highest BCUT2D eigenvalue weighted by Crippen LogP contribution is 2.13. The number of nitrogens with one attached hydrogen (secondary N) is 2. The average Bonchev–Trinajstić information content (AvgIpc) is 2.49. The molecule has 0 atom stereocenters. The molecule has 0 radical (unpaired) electrons. The molecule has 0 aliphatic rings. The van der Waals surface area contributed by atoms with E-state index in [1.54, 1.807) is 0 Å². The summed E-state index contributed by atoms with van der Waals surface area (Å²) in [5.41, 5.74) is 3.50. The molecule has 5 nitrogen and oxygen atoms in total. The quantitative estimate of drug-likeness (QED) is 0.779. The Morgan fingerprint density at radius 3 is 2.59 bits per heavy atom. The molecule has 1 aromatic heterocycles. The van der Waals surface area contributed by atoms with Crippen molar-refractivity contribution in [2.24, 2.45) is 0 Å². The van der Waals surface area contributed by atoms with E-state index in [-0.39, 0.29) is 11.5 Å². The van der Waals surface area contributed by atoms with Crippen molar-refractivity contribution in [2.45, 2.75) is 13.3 Å². The summed E-state index contributed by atoms with van der Waals surface area (Å²) in [7, 11) is 0. The van der Waals surface area contributed by atoms with Crippen molar-refractivity contribution >= 4 is 22.6 Å². The van der Waals surface area contributed by atoms with Crippen LogP contribution in [-0.4, -0.2) is 15.9 Å². The van der Waals surface area contributed by atoms with Crippen molar-refractivity contribution in [1.82, 2.24) is 9.97 Å². The first-order valence-corrected chi connectivity index (χ1v) is 6.96. The van der Waals surface area contributed by atoms with Crippen LogP contribution in [0.4, 0.5) is 5.69 Å². The Morgan fingerprint density at radius 1 is 1.14 bits per heavy atom. The van der Waals surface area contributed by atoms with E-state index in [4.69, 9.17) is 0 Å². The molecule has 0 unspecified atom stereocenters. The number of carbonyl (C=O) groups is 1. The molecular formula is C17H15N3O2. The van der Waals surface area contributed by atoms with E-state index in [0.717, 1.165) is 22.3 Å². The molecule has 5 heteroatoms. The number of anilines is 1. The molecule has 0 spiro atoms. The van der Waals surface area contributed by atoms with Crippen molar-refractivity contribution < 1.29 is 4.79 Å². The number of aromatic nitrogens is 2. The zero-order valence-corrected chi connectivity index (χ0v) is 12.1. The Labute approximate surface area is 127 Å². The van der Waals surface area contributed by atoms with Gasteiger partial charge in [0.15, 0.2) is 0 Å². The Morgan fingerprint density at radius 2 is 1.86 bits per heavy atom. The Hall–Kier alpha value is -2.95. The maximum absolute atomic E-state index is 12.1. The monoisotopic (exact) mass is 293 g/mol. The number of carbonyl (C=O) groups excluding carboxylic acids is 1. The molecule has 0 saturated heterocycles. The zero-order valence-electron chi connectivity index (χ0n) is 12.1. The number of benzene rings is 2. The topological polar surface area (TPSA) is 74.8 Å². The molecule has 0 bridgehead atoms. The molecule has 0 saturated carbocycles. The third kappa shape index (κ3) is 3.03. The number of aromatic amines is 1. The fraction of sp³-hybridized carbons (Fsp3) is 0.118. The highest BCUT2D eigenvalue weighted by atomic mass is 16.1. The standard InChI is InChI=1S/C17H15N3O2/c1-11(21)18-13-8-6-12(7-9-13)10-16-17(22)20-15-5-3-2-4-14(15)19-16/h2-9H,10H2,1H3,(H,18,21)(H,20,22). The molecule has 3 rings (SSSR count). The number of para-hydroxylation sites is 2. The van der Waals surface area contributed by atoms with Gasteiger partial charge in [0.25, 0.3) is 5.56 Å². The molecule has 22 heavy (non-hydrogen) atoms. The van der Waals surface area contributed by atoms with Crippen LogP contribution in [-0.2, 0) is 11.2 Å². The second-order valence-corrected chi connectivity index (χ2v) is 5.08. The molecule has 3 aromatic rings.